The third kappa shape index (κ3) is 4.51. The molecule has 5 heteroatoms. The highest BCUT2D eigenvalue weighted by Crippen LogP contribution is 2.32. The molecule has 0 saturated heterocycles. The average molecular weight is 427 g/mol. The Morgan fingerprint density at radius 3 is 2.72 bits per heavy atom. The van der Waals surface area contributed by atoms with Gasteiger partial charge < -0.3 is 4.74 Å². The minimum atomic E-state index is -0.396. The normalized spacial score (nSPS) is 14.1. The van der Waals surface area contributed by atoms with Crippen LogP contribution in [0.1, 0.15) is 45.5 Å². The number of aromatic nitrogens is 1. The van der Waals surface area contributed by atoms with Crippen LogP contribution in [0, 0.1) is 12.3 Å². The van der Waals surface area contributed by atoms with Crippen molar-refractivity contribution in [3.63, 3.8) is 0 Å². The summed E-state index contributed by atoms with van der Waals surface area (Å²) in [6.07, 6.45) is 11.1. The highest BCUT2D eigenvalue weighted by atomic mass is 16.5. The van der Waals surface area contributed by atoms with E-state index in [-0.39, 0.29) is 12.3 Å². The number of carbonyl (C=O) groups excluding carboxylic acids is 2. The van der Waals surface area contributed by atoms with E-state index in [1.165, 1.54) is 12.7 Å². The lowest BCUT2D eigenvalue weighted by Crippen LogP contribution is -2.29. The second-order valence-corrected chi connectivity index (χ2v) is 7.95. The highest BCUT2D eigenvalue weighted by molar-refractivity contribution is 6.03. The molecule has 3 aromatic rings. The van der Waals surface area contributed by atoms with Gasteiger partial charge in [0.15, 0.2) is 0 Å². The van der Waals surface area contributed by atoms with E-state index in [4.69, 9.17) is 11.2 Å². The van der Waals surface area contributed by atoms with Gasteiger partial charge in [0.2, 0.25) is 5.91 Å². The number of carbonyl (C=O) groups is 2. The Balaban J connectivity index is 1.71. The second-order valence-electron chi connectivity index (χ2n) is 7.95. The minimum absolute atomic E-state index is 0.0532. The molecular weight excluding hydrogens is 400 g/mol. The van der Waals surface area contributed by atoms with Crippen molar-refractivity contribution in [2.24, 2.45) is 0 Å². The van der Waals surface area contributed by atoms with Crippen molar-refractivity contribution in [1.82, 2.24) is 9.47 Å². The SMILES string of the molecule is C#CCCC(=O)n1cc(C2=CCCN(Cc3ccccc3)C2)c2cc(C(=O)OC)ccc21. The van der Waals surface area contributed by atoms with E-state index in [0.717, 1.165) is 48.1 Å². The monoisotopic (exact) mass is 426 g/mol. The summed E-state index contributed by atoms with van der Waals surface area (Å²) < 4.78 is 6.57. The van der Waals surface area contributed by atoms with Gasteiger partial charge in [-0.1, -0.05) is 36.4 Å². The quantitative estimate of drug-likeness (QED) is 0.421. The number of methoxy groups -OCH3 is 1. The fourth-order valence-corrected chi connectivity index (χ4v) is 4.21. The lowest BCUT2D eigenvalue weighted by Gasteiger charge is -2.27. The van der Waals surface area contributed by atoms with E-state index in [1.54, 1.807) is 10.6 Å². The van der Waals surface area contributed by atoms with Gasteiger partial charge in [0.1, 0.15) is 0 Å². The van der Waals surface area contributed by atoms with Crippen molar-refractivity contribution in [2.45, 2.75) is 25.8 Å². The summed E-state index contributed by atoms with van der Waals surface area (Å²) in [5, 5.41) is 0.870. The van der Waals surface area contributed by atoms with Crippen LogP contribution in [-0.4, -0.2) is 41.5 Å². The molecule has 162 valence electrons. The highest BCUT2D eigenvalue weighted by Gasteiger charge is 2.21. The fourth-order valence-electron chi connectivity index (χ4n) is 4.21. The van der Waals surface area contributed by atoms with Crippen LogP contribution in [0.25, 0.3) is 16.5 Å². The number of ether oxygens (including phenoxy) is 1. The first-order valence-electron chi connectivity index (χ1n) is 10.8. The first kappa shape index (κ1) is 21.6. The van der Waals surface area contributed by atoms with Gasteiger partial charge >= 0.3 is 5.97 Å². The van der Waals surface area contributed by atoms with Gasteiger partial charge in [-0.3, -0.25) is 14.3 Å². The number of hydrogen-bond acceptors (Lipinski definition) is 4. The van der Waals surface area contributed by atoms with Crippen molar-refractivity contribution in [3.05, 3.63) is 77.5 Å². The van der Waals surface area contributed by atoms with Gasteiger partial charge in [0.25, 0.3) is 0 Å². The molecule has 1 aliphatic heterocycles. The molecule has 0 N–H and O–H groups in total. The fraction of sp³-hybridized carbons (Fsp3) is 0.259. The molecule has 0 amide bonds. The van der Waals surface area contributed by atoms with Crippen molar-refractivity contribution >= 4 is 28.4 Å². The van der Waals surface area contributed by atoms with Crippen molar-refractivity contribution in [2.75, 3.05) is 20.2 Å². The van der Waals surface area contributed by atoms with E-state index < -0.39 is 5.97 Å². The van der Waals surface area contributed by atoms with Crippen LogP contribution in [-0.2, 0) is 11.3 Å². The largest absolute Gasteiger partial charge is 0.465 e. The smallest absolute Gasteiger partial charge is 0.337 e. The van der Waals surface area contributed by atoms with Gasteiger partial charge in [-0.2, -0.15) is 0 Å². The Bertz CT molecular complexity index is 1210. The predicted octanol–water partition coefficient (Wildman–Crippen LogP) is 4.77. The van der Waals surface area contributed by atoms with E-state index in [0.29, 0.717) is 12.0 Å². The van der Waals surface area contributed by atoms with Gasteiger partial charge in [0, 0.05) is 49.6 Å². The van der Waals surface area contributed by atoms with Crippen LogP contribution in [0.5, 0.6) is 0 Å². The summed E-state index contributed by atoms with van der Waals surface area (Å²) in [5.41, 5.74) is 4.64. The van der Waals surface area contributed by atoms with Crippen LogP contribution in [0.2, 0.25) is 0 Å². The van der Waals surface area contributed by atoms with Gasteiger partial charge in [0.05, 0.1) is 18.2 Å². The average Bonchev–Trinajstić information content (AvgIpc) is 3.22. The number of terminal acetylenes is 1. The maximum Gasteiger partial charge on any atom is 0.337 e. The number of hydrogen-bond donors (Lipinski definition) is 0. The Hall–Kier alpha value is -3.62. The number of fused-ring (bicyclic) bond motifs is 1. The van der Waals surface area contributed by atoms with Gasteiger partial charge in [-0.25, -0.2) is 4.79 Å². The molecular formula is C27H26N2O3. The summed E-state index contributed by atoms with van der Waals surface area (Å²) in [7, 11) is 1.37. The van der Waals surface area contributed by atoms with Crippen LogP contribution in [0.4, 0.5) is 0 Å². The third-order valence-electron chi connectivity index (χ3n) is 5.80. The number of nitrogens with zero attached hydrogens (tertiary/aromatic N) is 2. The maximum absolute atomic E-state index is 12.8. The van der Waals surface area contributed by atoms with E-state index in [2.05, 4.69) is 41.2 Å². The molecule has 0 fully saturated rings. The van der Waals surface area contributed by atoms with E-state index in [1.807, 2.05) is 24.4 Å². The minimum Gasteiger partial charge on any atom is -0.465 e. The Kier molecular flexibility index (Phi) is 6.53. The van der Waals surface area contributed by atoms with Crippen LogP contribution in [0.15, 0.2) is 60.8 Å². The molecule has 4 rings (SSSR count). The zero-order chi connectivity index (χ0) is 22.5. The summed E-state index contributed by atoms with van der Waals surface area (Å²) in [5.74, 6) is 2.08. The summed E-state index contributed by atoms with van der Waals surface area (Å²) >= 11 is 0. The van der Waals surface area contributed by atoms with E-state index in [9.17, 15) is 9.59 Å². The molecule has 2 aromatic carbocycles. The first-order chi connectivity index (χ1) is 15.6. The number of benzene rings is 2. The lowest BCUT2D eigenvalue weighted by molar-refractivity contribution is 0.0600. The molecule has 0 aliphatic carbocycles. The van der Waals surface area contributed by atoms with Crippen LogP contribution in [0.3, 0.4) is 0 Å². The molecule has 1 aliphatic rings. The van der Waals surface area contributed by atoms with Gasteiger partial charge in [-0.05, 0) is 35.8 Å². The molecule has 32 heavy (non-hydrogen) atoms. The molecule has 0 bridgehead atoms. The molecule has 0 spiro atoms. The third-order valence-corrected chi connectivity index (χ3v) is 5.80. The number of rotatable bonds is 6. The zero-order valence-electron chi connectivity index (χ0n) is 18.2. The lowest BCUT2D eigenvalue weighted by atomic mass is 9.99. The molecule has 0 radical (unpaired) electrons. The summed E-state index contributed by atoms with van der Waals surface area (Å²) in [6, 6.07) is 15.7. The Morgan fingerprint density at radius 1 is 1.16 bits per heavy atom. The molecule has 1 aromatic heterocycles. The maximum atomic E-state index is 12.8. The van der Waals surface area contributed by atoms with Crippen LogP contribution < -0.4 is 0 Å². The van der Waals surface area contributed by atoms with Crippen molar-refractivity contribution in [1.29, 1.82) is 0 Å². The summed E-state index contributed by atoms with van der Waals surface area (Å²) in [4.78, 5) is 27.4. The second kappa shape index (κ2) is 9.67. The standard InChI is InChI=1S/C27H26N2O3/c1-3-4-12-26(30)29-19-24(23-16-21(27(31)32-2)13-14-25(23)29)22-11-8-15-28(18-22)17-20-9-6-5-7-10-20/h1,5-7,9-11,13-14,16,19H,4,8,12,15,17-18H2,2H3. The summed E-state index contributed by atoms with van der Waals surface area (Å²) in [6.45, 7) is 2.62. The molecule has 0 unspecified atom stereocenters. The first-order valence-corrected chi connectivity index (χ1v) is 10.8. The Morgan fingerprint density at radius 2 is 1.97 bits per heavy atom. The molecule has 0 atom stereocenters. The van der Waals surface area contributed by atoms with Crippen molar-refractivity contribution < 1.29 is 14.3 Å². The molecule has 2 heterocycles. The predicted molar refractivity (Wildman–Crippen MR) is 126 cm³/mol. The molecule has 0 saturated carbocycles. The van der Waals surface area contributed by atoms with Gasteiger partial charge in [-0.15, -0.1) is 12.3 Å². The molecule has 5 nitrogen and oxygen atoms in total. The topological polar surface area (TPSA) is 51.5 Å². The Labute approximate surface area is 188 Å². The zero-order valence-corrected chi connectivity index (χ0v) is 18.2. The van der Waals surface area contributed by atoms with E-state index >= 15 is 0 Å². The number of esters is 1. The van der Waals surface area contributed by atoms with Crippen LogP contribution >= 0.6 is 0 Å². The van der Waals surface area contributed by atoms with Crippen molar-refractivity contribution in [3.8, 4) is 12.3 Å².